The molecule has 0 radical (unpaired) electrons. The standard InChI is InChI=1S/C13H11BrF3NO5S2/c1-3-23-11(20)8(19)7-5(2)4-6-9(24-12(14)18-6)10(7)25(21,22)13(15,16)17/h4,8,19H,3H2,1-2H3/t8-/m0/s1. The number of aromatic nitrogens is 1. The topological polar surface area (TPSA) is 93.6 Å². The van der Waals surface area contributed by atoms with Gasteiger partial charge in [0, 0.05) is 5.56 Å². The predicted octanol–water partition coefficient (Wildman–Crippen LogP) is 3.26. The van der Waals surface area contributed by atoms with Crippen molar-refractivity contribution in [3.05, 3.63) is 21.1 Å². The predicted molar refractivity (Wildman–Crippen MR) is 86.9 cm³/mol. The smallest absolute Gasteiger partial charge is 0.464 e. The van der Waals surface area contributed by atoms with Crippen molar-refractivity contribution in [3.8, 4) is 0 Å². The van der Waals surface area contributed by atoms with E-state index in [1.807, 2.05) is 0 Å². The van der Waals surface area contributed by atoms with E-state index in [1.54, 1.807) is 0 Å². The van der Waals surface area contributed by atoms with E-state index in [2.05, 4.69) is 25.7 Å². The third-order valence-electron chi connectivity index (χ3n) is 3.21. The SMILES string of the molecule is CCOC(=O)[C@@H](O)c1c(C)cc2nc(Br)sc2c1S(=O)(=O)C(F)(F)F. The van der Waals surface area contributed by atoms with Crippen LogP contribution in [0, 0.1) is 6.92 Å². The summed E-state index contributed by atoms with van der Waals surface area (Å²) in [7, 11) is -5.85. The van der Waals surface area contributed by atoms with Gasteiger partial charge in [0.25, 0.3) is 9.84 Å². The number of fused-ring (bicyclic) bond motifs is 1. The minimum absolute atomic E-state index is 0.00277. The number of hydrogen-bond donors (Lipinski definition) is 1. The molecule has 0 saturated heterocycles. The first kappa shape index (κ1) is 20.1. The van der Waals surface area contributed by atoms with E-state index >= 15 is 0 Å². The highest BCUT2D eigenvalue weighted by Crippen LogP contribution is 2.43. The van der Waals surface area contributed by atoms with Crippen molar-refractivity contribution < 1.29 is 36.2 Å². The number of ether oxygens (including phenoxy) is 1. The summed E-state index contributed by atoms with van der Waals surface area (Å²) in [5.41, 5.74) is -6.32. The maximum atomic E-state index is 13.2. The van der Waals surface area contributed by atoms with Crippen molar-refractivity contribution in [1.29, 1.82) is 0 Å². The Bertz CT molecular complexity index is 939. The number of thiazole rings is 1. The third-order valence-corrected chi connectivity index (χ3v) is 6.45. The Kier molecular flexibility index (Phi) is 5.47. The van der Waals surface area contributed by atoms with Gasteiger partial charge >= 0.3 is 11.5 Å². The van der Waals surface area contributed by atoms with Gasteiger partial charge in [-0.2, -0.15) is 13.2 Å². The van der Waals surface area contributed by atoms with Crippen molar-refractivity contribution in [2.75, 3.05) is 6.61 Å². The maximum absolute atomic E-state index is 13.2. The first-order valence-electron chi connectivity index (χ1n) is 6.67. The zero-order valence-electron chi connectivity index (χ0n) is 12.7. The van der Waals surface area contributed by atoms with Gasteiger partial charge in [-0.3, -0.25) is 0 Å². The largest absolute Gasteiger partial charge is 0.501 e. The van der Waals surface area contributed by atoms with Crippen LogP contribution in [0.1, 0.15) is 24.2 Å². The molecular weight excluding hydrogens is 451 g/mol. The molecule has 2 rings (SSSR count). The highest BCUT2D eigenvalue weighted by Gasteiger charge is 2.50. The van der Waals surface area contributed by atoms with Gasteiger partial charge in [0.2, 0.25) is 0 Å². The maximum Gasteiger partial charge on any atom is 0.501 e. The Hall–Kier alpha value is -1.24. The van der Waals surface area contributed by atoms with Gasteiger partial charge in [0.05, 0.1) is 16.8 Å². The zero-order chi connectivity index (χ0) is 19.2. The summed E-state index contributed by atoms with van der Waals surface area (Å²) in [4.78, 5) is 14.5. The number of hydrogen-bond acceptors (Lipinski definition) is 7. The van der Waals surface area contributed by atoms with Crippen LogP contribution < -0.4 is 0 Å². The monoisotopic (exact) mass is 461 g/mol. The highest BCUT2D eigenvalue weighted by atomic mass is 79.9. The molecule has 0 saturated carbocycles. The summed E-state index contributed by atoms with van der Waals surface area (Å²) in [6.45, 7) is 2.58. The van der Waals surface area contributed by atoms with Gasteiger partial charge in [-0.15, -0.1) is 11.3 Å². The Morgan fingerprint density at radius 2 is 2.08 bits per heavy atom. The van der Waals surface area contributed by atoms with Crippen LogP contribution in [0.5, 0.6) is 0 Å². The molecule has 0 bridgehead atoms. The van der Waals surface area contributed by atoms with E-state index in [9.17, 15) is 31.5 Å². The number of aryl methyl sites for hydroxylation is 1. The summed E-state index contributed by atoms with van der Waals surface area (Å²) >= 11 is 3.64. The zero-order valence-corrected chi connectivity index (χ0v) is 15.9. The van der Waals surface area contributed by atoms with Gasteiger partial charge in [-0.1, -0.05) is 0 Å². The average molecular weight is 462 g/mol. The van der Waals surface area contributed by atoms with Gasteiger partial charge in [-0.05, 0) is 41.4 Å². The molecule has 6 nitrogen and oxygen atoms in total. The third kappa shape index (κ3) is 3.52. The number of rotatable bonds is 4. The molecule has 0 spiro atoms. The van der Waals surface area contributed by atoms with Crippen LogP contribution in [-0.4, -0.2) is 36.6 Å². The van der Waals surface area contributed by atoms with Crippen molar-refractivity contribution in [3.63, 3.8) is 0 Å². The number of aliphatic hydroxyl groups is 1. The van der Waals surface area contributed by atoms with Gasteiger partial charge in [-0.25, -0.2) is 18.2 Å². The van der Waals surface area contributed by atoms with E-state index < -0.39 is 37.9 Å². The first-order valence-corrected chi connectivity index (χ1v) is 9.76. The number of benzene rings is 1. The Morgan fingerprint density at radius 3 is 2.60 bits per heavy atom. The Morgan fingerprint density at radius 1 is 1.48 bits per heavy atom. The molecule has 12 heteroatoms. The summed E-state index contributed by atoms with van der Waals surface area (Å²) in [5.74, 6) is -1.24. The summed E-state index contributed by atoms with van der Waals surface area (Å²) in [6, 6.07) is 1.30. The van der Waals surface area contributed by atoms with Crippen LogP contribution in [-0.2, 0) is 19.4 Å². The number of nitrogens with zero attached hydrogens (tertiary/aromatic N) is 1. The van der Waals surface area contributed by atoms with Gasteiger partial charge in [0.1, 0.15) is 4.90 Å². The van der Waals surface area contributed by atoms with E-state index in [0.29, 0.717) is 11.3 Å². The fraction of sp³-hybridized carbons (Fsp3) is 0.385. The average Bonchev–Trinajstić information content (AvgIpc) is 2.83. The molecule has 25 heavy (non-hydrogen) atoms. The molecule has 0 amide bonds. The first-order chi connectivity index (χ1) is 11.4. The number of carbonyl (C=O) groups is 1. The quantitative estimate of drug-likeness (QED) is 0.702. The number of carbonyl (C=O) groups excluding carboxylic acids is 1. The van der Waals surface area contributed by atoms with Crippen LogP contribution in [0.3, 0.4) is 0 Å². The number of halogens is 4. The van der Waals surface area contributed by atoms with E-state index in [4.69, 9.17) is 0 Å². The van der Waals surface area contributed by atoms with Crippen molar-refractivity contribution >= 4 is 53.3 Å². The van der Waals surface area contributed by atoms with Crippen LogP contribution >= 0.6 is 27.3 Å². The molecule has 0 fully saturated rings. The molecule has 138 valence electrons. The van der Waals surface area contributed by atoms with Crippen LogP contribution in [0.15, 0.2) is 14.9 Å². The highest BCUT2D eigenvalue weighted by molar-refractivity contribution is 9.11. The lowest BCUT2D eigenvalue weighted by molar-refractivity contribution is -0.153. The van der Waals surface area contributed by atoms with Crippen LogP contribution in [0.2, 0.25) is 0 Å². The normalized spacial score (nSPS) is 13.9. The van der Waals surface area contributed by atoms with Crippen molar-refractivity contribution in [2.45, 2.75) is 30.4 Å². The number of aliphatic hydroxyl groups excluding tert-OH is 1. The summed E-state index contributed by atoms with van der Waals surface area (Å²) in [6.07, 6.45) is -2.18. The molecule has 2 aromatic rings. The lowest BCUT2D eigenvalue weighted by atomic mass is 10.0. The minimum atomic E-state index is -5.85. The molecule has 1 heterocycles. The summed E-state index contributed by atoms with van der Waals surface area (Å²) < 4.78 is 68.2. The minimum Gasteiger partial charge on any atom is -0.464 e. The number of sulfone groups is 1. The Balaban J connectivity index is 2.92. The molecule has 0 aliphatic rings. The molecule has 1 aromatic heterocycles. The van der Waals surface area contributed by atoms with E-state index in [-0.39, 0.29) is 26.3 Å². The fourth-order valence-corrected chi connectivity index (χ4v) is 5.21. The molecule has 0 aliphatic heterocycles. The Labute approximate surface area is 152 Å². The lowest BCUT2D eigenvalue weighted by Crippen LogP contribution is -2.27. The number of alkyl halides is 3. The second-order valence-electron chi connectivity index (χ2n) is 4.86. The van der Waals surface area contributed by atoms with Crippen LogP contribution in [0.25, 0.3) is 10.2 Å². The van der Waals surface area contributed by atoms with Gasteiger partial charge in [0.15, 0.2) is 10.0 Å². The van der Waals surface area contributed by atoms with Crippen LogP contribution in [0.4, 0.5) is 13.2 Å². The van der Waals surface area contributed by atoms with E-state index in [1.165, 1.54) is 19.9 Å². The molecule has 1 N–H and O–H groups in total. The van der Waals surface area contributed by atoms with Crippen molar-refractivity contribution in [2.24, 2.45) is 0 Å². The molecule has 0 aliphatic carbocycles. The van der Waals surface area contributed by atoms with E-state index in [0.717, 1.165) is 0 Å². The second kappa shape index (κ2) is 6.82. The van der Waals surface area contributed by atoms with Gasteiger partial charge < -0.3 is 9.84 Å². The molecule has 1 aromatic carbocycles. The van der Waals surface area contributed by atoms with Crippen molar-refractivity contribution in [1.82, 2.24) is 4.98 Å². The summed E-state index contributed by atoms with van der Waals surface area (Å²) in [5, 5.41) is 10.1. The fourth-order valence-electron chi connectivity index (χ4n) is 2.21. The lowest BCUT2D eigenvalue weighted by Gasteiger charge is -2.19. The second-order valence-corrected chi connectivity index (χ2v) is 9.01. The number of esters is 1. The molecular formula is C13H11BrF3NO5S2. The molecule has 1 atom stereocenters. The molecule has 0 unspecified atom stereocenters.